The van der Waals surface area contributed by atoms with Crippen molar-refractivity contribution in [2.45, 2.75) is 25.3 Å². The van der Waals surface area contributed by atoms with Gasteiger partial charge in [-0.1, -0.05) is 6.07 Å². The summed E-state index contributed by atoms with van der Waals surface area (Å²) in [6.45, 7) is 1.24. The molecular weight excluding hydrogens is 312 g/mol. The van der Waals surface area contributed by atoms with Gasteiger partial charge in [0.1, 0.15) is 11.3 Å². The highest BCUT2D eigenvalue weighted by molar-refractivity contribution is 9.10. The molecule has 7 heteroatoms. The minimum atomic E-state index is -2.84. The van der Waals surface area contributed by atoms with E-state index in [0.29, 0.717) is 0 Å². The summed E-state index contributed by atoms with van der Waals surface area (Å²) in [6.07, 6.45) is -3.10. The fourth-order valence-corrected chi connectivity index (χ4v) is 2.04. The molecule has 1 rings (SSSR count). The summed E-state index contributed by atoms with van der Waals surface area (Å²) in [5.41, 5.74) is 3.52. The maximum absolute atomic E-state index is 12.9. The van der Waals surface area contributed by atoms with E-state index >= 15 is 0 Å². The van der Waals surface area contributed by atoms with Crippen LogP contribution in [0.15, 0.2) is 16.6 Å². The van der Waals surface area contributed by atoms with Crippen molar-refractivity contribution in [2.24, 2.45) is 5.73 Å². The molecule has 0 spiro atoms. The maximum atomic E-state index is 12.9. The monoisotopic (exact) mass is 323 g/mol. The zero-order chi connectivity index (χ0) is 14.1. The molecule has 0 fully saturated rings. The van der Waals surface area contributed by atoms with Gasteiger partial charge in [-0.25, -0.2) is 8.78 Å². The second-order valence-corrected chi connectivity index (χ2v) is 4.96. The summed E-state index contributed by atoms with van der Waals surface area (Å²) in [7, 11) is 0. The number of carboxylic acids is 1. The standard InChI is InChI=1S/C11H12BrF2NO3/c1-11(15,10(17)18)4-5-2-3-6(16)8(12)7(5)9(13)14/h2-3,9,16H,4,15H2,1H3,(H,17,18)/t11-/m0/s1. The number of halogens is 3. The van der Waals surface area contributed by atoms with Gasteiger partial charge < -0.3 is 15.9 Å². The lowest BCUT2D eigenvalue weighted by Crippen LogP contribution is -2.47. The highest BCUT2D eigenvalue weighted by atomic mass is 79.9. The van der Waals surface area contributed by atoms with Crippen LogP contribution < -0.4 is 5.73 Å². The molecule has 0 amide bonds. The number of alkyl halides is 2. The van der Waals surface area contributed by atoms with E-state index in [4.69, 9.17) is 10.8 Å². The van der Waals surface area contributed by atoms with Crippen LogP contribution >= 0.6 is 15.9 Å². The van der Waals surface area contributed by atoms with Gasteiger partial charge in [0.05, 0.1) is 4.47 Å². The minimum Gasteiger partial charge on any atom is -0.507 e. The second kappa shape index (κ2) is 5.19. The van der Waals surface area contributed by atoms with Crippen LogP contribution in [0, 0.1) is 0 Å². The first-order valence-electron chi connectivity index (χ1n) is 4.97. The van der Waals surface area contributed by atoms with E-state index in [9.17, 15) is 18.7 Å². The van der Waals surface area contributed by atoms with Crippen molar-refractivity contribution < 1.29 is 23.8 Å². The minimum absolute atomic E-state index is 0.0853. The Morgan fingerprint density at radius 2 is 2.11 bits per heavy atom. The van der Waals surface area contributed by atoms with Crippen LogP contribution in [0.4, 0.5) is 8.78 Å². The lowest BCUT2D eigenvalue weighted by atomic mass is 9.91. The molecule has 4 nitrogen and oxygen atoms in total. The Bertz CT molecular complexity index is 478. The van der Waals surface area contributed by atoms with Crippen LogP contribution in [0.25, 0.3) is 0 Å². The molecule has 1 atom stereocenters. The summed E-state index contributed by atoms with van der Waals surface area (Å²) < 4.78 is 25.7. The summed E-state index contributed by atoms with van der Waals surface area (Å²) in [4.78, 5) is 10.9. The van der Waals surface area contributed by atoms with Gasteiger partial charge in [0.25, 0.3) is 6.43 Å². The van der Waals surface area contributed by atoms with Gasteiger partial charge in [-0.3, -0.25) is 4.79 Å². The Hall–Kier alpha value is -1.21. The van der Waals surface area contributed by atoms with Gasteiger partial charge in [-0.05, 0) is 34.5 Å². The number of phenolic OH excluding ortho intramolecular Hbond substituents is 1. The van der Waals surface area contributed by atoms with Crippen LogP contribution in [0.2, 0.25) is 0 Å². The van der Waals surface area contributed by atoms with Crippen LogP contribution in [-0.2, 0) is 11.2 Å². The number of rotatable bonds is 4. The lowest BCUT2D eigenvalue weighted by molar-refractivity contribution is -0.142. The van der Waals surface area contributed by atoms with E-state index in [2.05, 4.69) is 15.9 Å². The predicted molar refractivity (Wildman–Crippen MR) is 64.7 cm³/mol. The van der Waals surface area contributed by atoms with Crippen molar-refractivity contribution in [1.29, 1.82) is 0 Å². The lowest BCUT2D eigenvalue weighted by Gasteiger charge is -2.21. The first-order chi connectivity index (χ1) is 8.16. The second-order valence-electron chi connectivity index (χ2n) is 4.17. The van der Waals surface area contributed by atoms with E-state index in [1.54, 1.807) is 0 Å². The molecule has 18 heavy (non-hydrogen) atoms. The molecule has 0 aliphatic rings. The van der Waals surface area contributed by atoms with Gasteiger partial charge >= 0.3 is 5.97 Å². The van der Waals surface area contributed by atoms with Crippen molar-refractivity contribution >= 4 is 21.9 Å². The molecule has 0 aliphatic carbocycles. The number of carboxylic acid groups (broad SMARTS) is 1. The molecule has 1 aromatic carbocycles. The number of carbonyl (C=O) groups is 1. The largest absolute Gasteiger partial charge is 0.507 e. The molecule has 0 saturated heterocycles. The third-order valence-electron chi connectivity index (χ3n) is 2.51. The number of aliphatic carboxylic acids is 1. The molecule has 100 valence electrons. The van der Waals surface area contributed by atoms with Crippen molar-refractivity contribution in [3.05, 3.63) is 27.7 Å². The zero-order valence-electron chi connectivity index (χ0n) is 9.45. The van der Waals surface area contributed by atoms with E-state index in [-0.39, 0.29) is 22.2 Å². The molecule has 0 radical (unpaired) electrons. The van der Waals surface area contributed by atoms with Crippen molar-refractivity contribution in [1.82, 2.24) is 0 Å². The fraction of sp³-hybridized carbons (Fsp3) is 0.364. The van der Waals surface area contributed by atoms with Gasteiger partial charge in [0.2, 0.25) is 0 Å². The smallest absolute Gasteiger partial charge is 0.323 e. The molecule has 0 bridgehead atoms. The topological polar surface area (TPSA) is 83.5 Å². The highest BCUT2D eigenvalue weighted by Crippen LogP contribution is 2.37. The molecule has 0 unspecified atom stereocenters. The van der Waals surface area contributed by atoms with Crippen LogP contribution in [-0.4, -0.2) is 21.7 Å². The van der Waals surface area contributed by atoms with Crippen LogP contribution in [0.1, 0.15) is 24.5 Å². The molecule has 4 N–H and O–H groups in total. The first-order valence-corrected chi connectivity index (χ1v) is 5.76. The average Bonchev–Trinajstić information content (AvgIpc) is 2.22. The Balaban J connectivity index is 3.26. The third kappa shape index (κ3) is 2.97. The number of hydrogen-bond acceptors (Lipinski definition) is 3. The molecule has 0 saturated carbocycles. The molecular formula is C11H12BrF2NO3. The zero-order valence-corrected chi connectivity index (χ0v) is 11.0. The van der Waals surface area contributed by atoms with Gasteiger partial charge in [-0.15, -0.1) is 0 Å². The van der Waals surface area contributed by atoms with Crippen molar-refractivity contribution in [3.8, 4) is 5.75 Å². The predicted octanol–water partition coefficient (Wildman–Crippen LogP) is 2.44. The average molecular weight is 324 g/mol. The van der Waals surface area contributed by atoms with Crippen molar-refractivity contribution in [3.63, 3.8) is 0 Å². The number of benzene rings is 1. The number of hydrogen-bond donors (Lipinski definition) is 3. The molecule has 0 aliphatic heterocycles. The van der Waals surface area contributed by atoms with Gasteiger partial charge in [-0.2, -0.15) is 0 Å². The normalized spacial score (nSPS) is 14.6. The summed E-state index contributed by atoms with van der Waals surface area (Å²) in [5, 5.41) is 18.2. The summed E-state index contributed by atoms with van der Waals surface area (Å²) in [6, 6.07) is 2.46. The third-order valence-corrected chi connectivity index (χ3v) is 3.35. The quantitative estimate of drug-likeness (QED) is 0.794. The van der Waals surface area contributed by atoms with Crippen LogP contribution in [0.3, 0.4) is 0 Å². The fourth-order valence-electron chi connectivity index (χ4n) is 1.48. The number of nitrogens with two attached hydrogens (primary N) is 1. The van der Waals surface area contributed by atoms with E-state index in [0.717, 1.165) is 0 Å². The Labute approximate surface area is 111 Å². The molecule has 0 aromatic heterocycles. The van der Waals surface area contributed by atoms with Gasteiger partial charge in [0, 0.05) is 12.0 Å². The van der Waals surface area contributed by atoms with E-state index in [1.807, 2.05) is 0 Å². The summed E-state index contributed by atoms with van der Waals surface area (Å²) in [5.74, 6) is -1.62. The molecule has 1 aromatic rings. The number of phenols is 1. The number of aromatic hydroxyl groups is 1. The Kier molecular flexibility index (Phi) is 4.28. The van der Waals surface area contributed by atoms with E-state index < -0.39 is 23.5 Å². The highest BCUT2D eigenvalue weighted by Gasteiger charge is 2.31. The Morgan fingerprint density at radius 3 is 2.56 bits per heavy atom. The molecule has 0 heterocycles. The van der Waals surface area contributed by atoms with Crippen molar-refractivity contribution in [2.75, 3.05) is 0 Å². The van der Waals surface area contributed by atoms with Gasteiger partial charge in [0.15, 0.2) is 0 Å². The summed E-state index contributed by atoms with van der Waals surface area (Å²) >= 11 is 2.86. The SMILES string of the molecule is C[C@](N)(Cc1ccc(O)c(Br)c1C(F)F)C(=O)O. The maximum Gasteiger partial charge on any atom is 0.323 e. The van der Waals surface area contributed by atoms with Crippen LogP contribution in [0.5, 0.6) is 5.75 Å². The Morgan fingerprint density at radius 1 is 1.56 bits per heavy atom. The van der Waals surface area contributed by atoms with E-state index in [1.165, 1.54) is 19.1 Å². The first kappa shape index (κ1) is 14.8.